The van der Waals surface area contributed by atoms with Gasteiger partial charge in [0.15, 0.2) is 11.6 Å². The van der Waals surface area contributed by atoms with Crippen LogP contribution in [0.4, 0.5) is 20.5 Å². The normalized spacial score (nSPS) is 10.9. The predicted molar refractivity (Wildman–Crippen MR) is 75.4 cm³/mol. The van der Waals surface area contributed by atoms with E-state index in [4.69, 9.17) is 4.52 Å². The minimum atomic E-state index is -0.966. The monoisotopic (exact) mass is 306 g/mol. The molecule has 3 aromatic rings. The van der Waals surface area contributed by atoms with Crippen LogP contribution in [0.3, 0.4) is 0 Å². The number of hydrogen-bond donors (Lipinski definition) is 1. The van der Waals surface area contributed by atoms with E-state index in [-0.39, 0.29) is 17.6 Å². The van der Waals surface area contributed by atoms with Gasteiger partial charge in [0, 0.05) is 26.2 Å². The zero-order valence-electron chi connectivity index (χ0n) is 11.8. The van der Waals surface area contributed by atoms with E-state index in [0.717, 1.165) is 12.1 Å². The van der Waals surface area contributed by atoms with Crippen molar-refractivity contribution in [3.8, 4) is 0 Å². The van der Waals surface area contributed by atoms with Crippen molar-refractivity contribution >= 4 is 22.8 Å². The van der Waals surface area contributed by atoms with Crippen molar-refractivity contribution < 1.29 is 13.3 Å². The van der Waals surface area contributed by atoms with Crippen molar-refractivity contribution in [1.29, 1.82) is 0 Å². The molecule has 0 atom stereocenters. The van der Waals surface area contributed by atoms with E-state index in [9.17, 15) is 8.78 Å². The van der Waals surface area contributed by atoms with Gasteiger partial charge in [0.25, 0.3) is 5.95 Å². The molecule has 0 radical (unpaired) electrons. The van der Waals surface area contributed by atoms with Gasteiger partial charge in [-0.2, -0.15) is 4.98 Å². The van der Waals surface area contributed by atoms with Crippen LogP contribution in [0.25, 0.3) is 11.0 Å². The molecule has 3 rings (SSSR count). The summed E-state index contributed by atoms with van der Waals surface area (Å²) in [6, 6.07) is 2.00. The number of fused-ring (bicyclic) bond motifs is 1. The Hall–Kier alpha value is -2.84. The van der Waals surface area contributed by atoms with Gasteiger partial charge in [-0.3, -0.25) is 4.98 Å². The van der Waals surface area contributed by atoms with E-state index in [1.807, 2.05) is 0 Å². The molecule has 2 aromatic heterocycles. The van der Waals surface area contributed by atoms with Crippen LogP contribution in [0.5, 0.6) is 0 Å². The van der Waals surface area contributed by atoms with Crippen LogP contribution in [0.1, 0.15) is 5.89 Å². The Morgan fingerprint density at radius 3 is 2.55 bits per heavy atom. The molecule has 0 saturated heterocycles. The Labute approximate surface area is 124 Å². The van der Waals surface area contributed by atoms with Crippen LogP contribution in [-0.2, 0) is 6.54 Å². The Balaban J connectivity index is 1.77. The lowest BCUT2D eigenvalue weighted by Gasteiger charge is -2.04. The number of anilines is 2. The number of hydrogen-bond acceptors (Lipinski definition) is 7. The third kappa shape index (κ3) is 2.78. The summed E-state index contributed by atoms with van der Waals surface area (Å²) in [7, 11) is 3.59. The maximum atomic E-state index is 13.2. The topological polar surface area (TPSA) is 80.0 Å². The van der Waals surface area contributed by atoms with Gasteiger partial charge >= 0.3 is 0 Å². The first-order chi connectivity index (χ1) is 10.5. The minimum absolute atomic E-state index is 0.241. The molecule has 0 bridgehead atoms. The SMILES string of the molecule is CN(C)c1noc(CNc2cnc3cc(F)c(F)cc3n2)n1. The second-order valence-corrected chi connectivity index (χ2v) is 4.75. The maximum absolute atomic E-state index is 13.2. The van der Waals surface area contributed by atoms with Gasteiger partial charge in [0.05, 0.1) is 23.8 Å². The average Bonchev–Trinajstić information content (AvgIpc) is 2.95. The highest BCUT2D eigenvalue weighted by Gasteiger charge is 2.09. The average molecular weight is 306 g/mol. The summed E-state index contributed by atoms with van der Waals surface area (Å²) in [4.78, 5) is 14.0. The number of benzene rings is 1. The molecule has 0 fully saturated rings. The molecule has 0 spiro atoms. The van der Waals surface area contributed by atoms with Gasteiger partial charge in [-0.1, -0.05) is 0 Å². The zero-order valence-corrected chi connectivity index (χ0v) is 11.8. The first-order valence-electron chi connectivity index (χ1n) is 6.38. The van der Waals surface area contributed by atoms with Crippen molar-refractivity contribution in [3.05, 3.63) is 35.9 Å². The fraction of sp³-hybridized carbons (Fsp3) is 0.231. The van der Waals surface area contributed by atoms with Gasteiger partial charge in [-0.25, -0.2) is 13.8 Å². The molecule has 7 nitrogen and oxygen atoms in total. The van der Waals surface area contributed by atoms with Crippen molar-refractivity contribution in [3.63, 3.8) is 0 Å². The lowest BCUT2D eigenvalue weighted by molar-refractivity contribution is 0.383. The molecule has 0 aliphatic heterocycles. The van der Waals surface area contributed by atoms with Crippen LogP contribution < -0.4 is 10.2 Å². The summed E-state index contributed by atoms with van der Waals surface area (Å²) in [5.74, 6) is -0.700. The van der Waals surface area contributed by atoms with Crippen LogP contribution in [0.2, 0.25) is 0 Å². The van der Waals surface area contributed by atoms with Gasteiger partial charge in [0.2, 0.25) is 5.89 Å². The van der Waals surface area contributed by atoms with Crippen LogP contribution >= 0.6 is 0 Å². The zero-order chi connectivity index (χ0) is 15.7. The predicted octanol–water partition coefficient (Wildman–Crippen LogP) is 1.97. The molecule has 22 heavy (non-hydrogen) atoms. The Morgan fingerprint density at radius 2 is 1.86 bits per heavy atom. The fourth-order valence-corrected chi connectivity index (χ4v) is 1.76. The first kappa shape index (κ1) is 14.1. The molecule has 0 unspecified atom stereocenters. The van der Waals surface area contributed by atoms with Crippen LogP contribution in [-0.4, -0.2) is 34.2 Å². The lowest BCUT2D eigenvalue weighted by atomic mass is 10.3. The molecule has 1 N–H and O–H groups in total. The number of aromatic nitrogens is 4. The summed E-state index contributed by atoms with van der Waals surface area (Å²) >= 11 is 0. The number of rotatable bonds is 4. The summed E-state index contributed by atoms with van der Waals surface area (Å²) in [5, 5.41) is 6.71. The molecule has 0 amide bonds. The van der Waals surface area contributed by atoms with Crippen LogP contribution in [0, 0.1) is 11.6 Å². The van der Waals surface area contributed by atoms with E-state index in [1.54, 1.807) is 19.0 Å². The molecular weight excluding hydrogens is 294 g/mol. The lowest BCUT2D eigenvalue weighted by Crippen LogP contribution is -2.10. The summed E-state index contributed by atoms with van der Waals surface area (Å²) < 4.78 is 31.4. The number of halogens is 2. The maximum Gasteiger partial charge on any atom is 0.265 e. The van der Waals surface area contributed by atoms with Crippen molar-refractivity contribution in [2.24, 2.45) is 0 Å². The van der Waals surface area contributed by atoms with E-state index in [2.05, 4.69) is 25.4 Å². The van der Waals surface area contributed by atoms with Gasteiger partial charge in [-0.15, -0.1) is 0 Å². The highest BCUT2D eigenvalue weighted by molar-refractivity contribution is 5.75. The van der Waals surface area contributed by atoms with E-state index in [0.29, 0.717) is 17.7 Å². The quantitative estimate of drug-likeness (QED) is 0.789. The summed E-state index contributed by atoms with van der Waals surface area (Å²) in [6.07, 6.45) is 1.42. The molecule has 114 valence electrons. The third-order valence-corrected chi connectivity index (χ3v) is 2.86. The molecule has 0 saturated carbocycles. The fourth-order valence-electron chi connectivity index (χ4n) is 1.76. The summed E-state index contributed by atoms with van der Waals surface area (Å²) in [5.41, 5.74) is 0.528. The number of nitrogens with one attached hydrogen (secondary N) is 1. The molecule has 2 heterocycles. The van der Waals surface area contributed by atoms with E-state index >= 15 is 0 Å². The highest BCUT2D eigenvalue weighted by atomic mass is 19.2. The van der Waals surface area contributed by atoms with Gasteiger partial charge in [0.1, 0.15) is 5.82 Å². The Bertz CT molecular complexity index is 819. The Kier molecular flexibility index (Phi) is 3.53. The third-order valence-electron chi connectivity index (χ3n) is 2.86. The van der Waals surface area contributed by atoms with E-state index in [1.165, 1.54) is 6.20 Å². The van der Waals surface area contributed by atoms with Crippen LogP contribution in [0.15, 0.2) is 22.9 Å². The molecule has 0 aliphatic carbocycles. The molecule has 9 heteroatoms. The van der Waals surface area contributed by atoms with Crippen molar-refractivity contribution in [2.75, 3.05) is 24.3 Å². The largest absolute Gasteiger partial charge is 0.360 e. The standard InChI is InChI=1S/C13H12F2N6O/c1-21(2)13-19-12(22-20-13)6-17-11-5-16-9-3-7(14)8(15)4-10(9)18-11/h3-5H,6H2,1-2H3,(H,17,18). The van der Waals surface area contributed by atoms with Crippen molar-refractivity contribution in [2.45, 2.75) is 6.54 Å². The smallest absolute Gasteiger partial charge is 0.265 e. The van der Waals surface area contributed by atoms with Gasteiger partial charge < -0.3 is 14.7 Å². The number of nitrogens with zero attached hydrogens (tertiary/aromatic N) is 5. The Morgan fingerprint density at radius 1 is 1.14 bits per heavy atom. The first-order valence-corrected chi connectivity index (χ1v) is 6.38. The second kappa shape index (κ2) is 5.51. The minimum Gasteiger partial charge on any atom is -0.360 e. The van der Waals surface area contributed by atoms with Crippen molar-refractivity contribution in [1.82, 2.24) is 20.1 Å². The molecular formula is C13H12F2N6O. The van der Waals surface area contributed by atoms with E-state index < -0.39 is 11.6 Å². The summed E-state index contributed by atoms with van der Waals surface area (Å²) in [6.45, 7) is 0.241. The molecule has 1 aromatic carbocycles. The highest BCUT2D eigenvalue weighted by Crippen LogP contribution is 2.17. The second-order valence-electron chi connectivity index (χ2n) is 4.75. The van der Waals surface area contributed by atoms with Gasteiger partial charge in [-0.05, 0) is 5.16 Å². The molecule has 0 aliphatic rings.